The van der Waals surface area contributed by atoms with E-state index in [0.29, 0.717) is 0 Å². The van der Waals surface area contributed by atoms with Gasteiger partial charge < -0.3 is 5.73 Å². The first-order chi connectivity index (χ1) is 4.74. The lowest BCUT2D eigenvalue weighted by molar-refractivity contribution is 1.35. The highest BCUT2D eigenvalue weighted by molar-refractivity contribution is 7.98. The second-order valence-corrected chi connectivity index (χ2v) is 3.29. The molecule has 2 N–H and O–H groups in total. The molecule has 0 atom stereocenters. The topological polar surface area (TPSA) is 26.0 Å². The quantitative estimate of drug-likeness (QED) is 0.385. The number of anilines is 1. The molecule has 0 radical (unpaired) electrons. The van der Waals surface area contributed by atoms with Gasteiger partial charge in [-0.25, -0.2) is 0 Å². The van der Waals surface area contributed by atoms with Crippen molar-refractivity contribution in [1.82, 2.24) is 0 Å². The van der Waals surface area contributed by atoms with E-state index >= 15 is 0 Å². The van der Waals surface area contributed by atoms with Crippen molar-refractivity contribution in [2.45, 2.75) is 9.79 Å². The molecule has 0 aliphatic carbocycles. The summed E-state index contributed by atoms with van der Waals surface area (Å²) in [7, 11) is 0. The van der Waals surface area contributed by atoms with Gasteiger partial charge in [-0.05, 0) is 24.5 Å². The smallest absolute Gasteiger partial charge is 0.0450 e. The van der Waals surface area contributed by atoms with Gasteiger partial charge in [0, 0.05) is 15.5 Å². The lowest BCUT2D eigenvalue weighted by atomic mass is 10.3. The third-order valence-electron chi connectivity index (χ3n) is 1.24. The van der Waals surface area contributed by atoms with Gasteiger partial charge in [0.05, 0.1) is 0 Å². The zero-order valence-corrected chi connectivity index (χ0v) is 7.38. The monoisotopic (exact) mass is 171 g/mol. The summed E-state index contributed by atoms with van der Waals surface area (Å²) in [5, 5.41) is 0. The van der Waals surface area contributed by atoms with E-state index in [2.05, 4.69) is 12.6 Å². The van der Waals surface area contributed by atoms with Gasteiger partial charge in [0.1, 0.15) is 0 Å². The van der Waals surface area contributed by atoms with Crippen molar-refractivity contribution in [3.63, 3.8) is 0 Å². The fourth-order valence-corrected chi connectivity index (χ4v) is 1.39. The Morgan fingerprint density at radius 1 is 1.50 bits per heavy atom. The van der Waals surface area contributed by atoms with Gasteiger partial charge in [0.2, 0.25) is 0 Å². The van der Waals surface area contributed by atoms with Gasteiger partial charge in [0.15, 0.2) is 0 Å². The van der Waals surface area contributed by atoms with Crippen molar-refractivity contribution in [1.29, 1.82) is 0 Å². The first-order valence-electron chi connectivity index (χ1n) is 2.86. The Hall–Kier alpha value is -0.280. The maximum absolute atomic E-state index is 5.56. The molecule has 0 aromatic heterocycles. The minimum atomic E-state index is 0.737. The largest absolute Gasteiger partial charge is 0.398 e. The van der Waals surface area contributed by atoms with Crippen LogP contribution in [0.5, 0.6) is 0 Å². The van der Waals surface area contributed by atoms with Gasteiger partial charge in [-0.1, -0.05) is 0 Å². The van der Waals surface area contributed by atoms with Crippen molar-refractivity contribution < 1.29 is 0 Å². The van der Waals surface area contributed by atoms with Crippen LogP contribution in [0.15, 0.2) is 28.0 Å². The molecule has 0 heterocycles. The highest BCUT2D eigenvalue weighted by Crippen LogP contribution is 2.22. The van der Waals surface area contributed by atoms with Crippen molar-refractivity contribution in [2.75, 3.05) is 12.0 Å². The van der Waals surface area contributed by atoms with Crippen LogP contribution in [0.4, 0.5) is 5.69 Å². The molecule has 54 valence electrons. The summed E-state index contributed by atoms with van der Waals surface area (Å²) in [6.45, 7) is 0. The van der Waals surface area contributed by atoms with E-state index in [4.69, 9.17) is 5.73 Å². The number of benzene rings is 1. The van der Waals surface area contributed by atoms with Crippen molar-refractivity contribution in [3.05, 3.63) is 18.2 Å². The van der Waals surface area contributed by atoms with Crippen LogP contribution in [-0.2, 0) is 0 Å². The van der Waals surface area contributed by atoms with E-state index in [9.17, 15) is 0 Å². The summed E-state index contributed by atoms with van der Waals surface area (Å²) >= 11 is 5.87. The Labute approximate surface area is 70.4 Å². The average molecular weight is 171 g/mol. The van der Waals surface area contributed by atoms with Crippen LogP contribution in [0, 0.1) is 0 Å². The van der Waals surface area contributed by atoms with Crippen LogP contribution < -0.4 is 5.73 Å². The third kappa shape index (κ3) is 1.61. The van der Waals surface area contributed by atoms with E-state index in [1.54, 1.807) is 11.8 Å². The predicted octanol–water partition coefficient (Wildman–Crippen LogP) is 2.28. The Kier molecular flexibility index (Phi) is 2.51. The summed E-state index contributed by atoms with van der Waals surface area (Å²) in [5.41, 5.74) is 6.29. The molecule has 0 unspecified atom stereocenters. The molecule has 1 aromatic rings. The molecule has 0 aliphatic heterocycles. The summed E-state index contributed by atoms with van der Waals surface area (Å²) in [4.78, 5) is 2.05. The highest BCUT2D eigenvalue weighted by atomic mass is 32.2. The van der Waals surface area contributed by atoms with Crippen LogP contribution in [0.3, 0.4) is 0 Å². The van der Waals surface area contributed by atoms with E-state index in [0.717, 1.165) is 10.6 Å². The first-order valence-corrected chi connectivity index (χ1v) is 4.53. The molecular weight excluding hydrogens is 162 g/mol. The van der Waals surface area contributed by atoms with E-state index in [-0.39, 0.29) is 0 Å². The predicted molar refractivity (Wildman–Crippen MR) is 49.9 cm³/mol. The molecule has 0 saturated heterocycles. The molecule has 0 saturated carbocycles. The lowest BCUT2D eigenvalue weighted by Crippen LogP contribution is -1.85. The number of thioether (sulfide) groups is 1. The van der Waals surface area contributed by atoms with Crippen LogP contribution in [0.2, 0.25) is 0 Å². The first kappa shape index (κ1) is 7.82. The van der Waals surface area contributed by atoms with Crippen molar-refractivity contribution in [3.8, 4) is 0 Å². The standard InChI is InChI=1S/C7H9NS2/c1-10-5-2-3-6(8)7(9)4-5/h2-4,9H,8H2,1H3. The van der Waals surface area contributed by atoms with Gasteiger partial charge in [-0.2, -0.15) is 0 Å². The Bertz CT molecular complexity index is 235. The van der Waals surface area contributed by atoms with E-state index in [1.807, 2.05) is 24.5 Å². The molecule has 0 amide bonds. The van der Waals surface area contributed by atoms with Crippen molar-refractivity contribution >= 4 is 30.1 Å². The number of nitrogen functional groups attached to an aromatic ring is 1. The molecular formula is C7H9NS2. The van der Waals surface area contributed by atoms with Crippen LogP contribution >= 0.6 is 24.4 Å². The summed E-state index contributed by atoms with van der Waals surface area (Å²) in [6.07, 6.45) is 2.03. The van der Waals surface area contributed by atoms with Crippen LogP contribution in [-0.4, -0.2) is 6.26 Å². The summed E-state index contributed by atoms with van der Waals surface area (Å²) in [5.74, 6) is 0. The van der Waals surface area contributed by atoms with Gasteiger partial charge >= 0.3 is 0 Å². The molecule has 3 heteroatoms. The molecule has 0 fully saturated rings. The fourth-order valence-electron chi connectivity index (χ4n) is 0.650. The number of rotatable bonds is 1. The summed E-state index contributed by atoms with van der Waals surface area (Å²) in [6, 6.07) is 5.82. The molecule has 0 aliphatic rings. The van der Waals surface area contributed by atoms with E-state index < -0.39 is 0 Å². The Morgan fingerprint density at radius 2 is 2.20 bits per heavy atom. The molecule has 10 heavy (non-hydrogen) atoms. The molecule has 0 spiro atoms. The Morgan fingerprint density at radius 3 is 2.70 bits per heavy atom. The minimum Gasteiger partial charge on any atom is -0.398 e. The van der Waals surface area contributed by atoms with Crippen molar-refractivity contribution in [2.24, 2.45) is 0 Å². The fraction of sp³-hybridized carbons (Fsp3) is 0.143. The highest BCUT2D eigenvalue weighted by Gasteiger charge is 1.94. The maximum Gasteiger partial charge on any atom is 0.0450 e. The van der Waals surface area contributed by atoms with Gasteiger partial charge in [-0.15, -0.1) is 24.4 Å². The van der Waals surface area contributed by atoms with Gasteiger partial charge in [-0.3, -0.25) is 0 Å². The number of thiol groups is 1. The van der Waals surface area contributed by atoms with Crippen LogP contribution in [0.1, 0.15) is 0 Å². The summed E-state index contributed by atoms with van der Waals surface area (Å²) < 4.78 is 0. The van der Waals surface area contributed by atoms with Gasteiger partial charge in [0.25, 0.3) is 0 Å². The average Bonchev–Trinajstić information content (AvgIpc) is 1.95. The third-order valence-corrected chi connectivity index (χ3v) is 2.35. The number of hydrogen-bond donors (Lipinski definition) is 2. The molecule has 1 aromatic carbocycles. The number of nitrogens with two attached hydrogens (primary N) is 1. The second kappa shape index (κ2) is 3.21. The zero-order valence-electron chi connectivity index (χ0n) is 5.66. The zero-order chi connectivity index (χ0) is 7.56. The second-order valence-electron chi connectivity index (χ2n) is 1.92. The Balaban J connectivity index is 3.04. The number of hydrogen-bond acceptors (Lipinski definition) is 3. The molecule has 1 rings (SSSR count). The normalized spacial score (nSPS) is 9.80. The molecule has 0 bridgehead atoms. The minimum absolute atomic E-state index is 0.737. The lowest BCUT2D eigenvalue weighted by Gasteiger charge is -1.99. The van der Waals surface area contributed by atoms with E-state index in [1.165, 1.54) is 4.90 Å². The SMILES string of the molecule is CSc1ccc(N)c(S)c1. The maximum atomic E-state index is 5.56. The van der Waals surface area contributed by atoms with Crippen LogP contribution in [0.25, 0.3) is 0 Å². The molecule has 1 nitrogen and oxygen atoms in total.